The lowest BCUT2D eigenvalue weighted by atomic mass is 10.2. The zero-order chi connectivity index (χ0) is 17.7. The maximum Gasteiger partial charge on any atom is 0.292 e. The van der Waals surface area contributed by atoms with Gasteiger partial charge in [0.25, 0.3) is 5.69 Å². The predicted molar refractivity (Wildman–Crippen MR) is 94.1 cm³/mol. The number of amides is 1. The molecular weight excluding hydrogens is 330 g/mol. The van der Waals surface area contributed by atoms with Gasteiger partial charge in [0.1, 0.15) is 5.69 Å². The minimum Gasteiger partial charge on any atom is -0.319 e. The summed E-state index contributed by atoms with van der Waals surface area (Å²) >= 11 is 5.86. The number of halogens is 1. The lowest BCUT2D eigenvalue weighted by Gasteiger charge is -2.24. The molecule has 2 aromatic carbocycles. The first-order chi connectivity index (χ1) is 11.4. The molecule has 7 heteroatoms. The van der Waals surface area contributed by atoms with Crippen molar-refractivity contribution in [2.75, 3.05) is 12.4 Å². The first kappa shape index (κ1) is 17.9. The summed E-state index contributed by atoms with van der Waals surface area (Å²) in [6, 6.07) is 13.0. The van der Waals surface area contributed by atoms with E-state index in [0.717, 1.165) is 5.56 Å². The molecule has 1 atom stereocenters. The number of rotatable bonds is 6. The molecule has 2 aromatic rings. The van der Waals surface area contributed by atoms with E-state index in [1.807, 2.05) is 24.1 Å². The first-order valence-electron chi connectivity index (χ1n) is 7.37. The van der Waals surface area contributed by atoms with Crippen LogP contribution in [0.4, 0.5) is 11.4 Å². The van der Waals surface area contributed by atoms with Crippen molar-refractivity contribution in [1.29, 1.82) is 0 Å². The Kier molecular flexibility index (Phi) is 5.89. The van der Waals surface area contributed by atoms with Gasteiger partial charge in [-0.3, -0.25) is 19.8 Å². The number of carbonyl (C=O) groups is 1. The highest BCUT2D eigenvalue weighted by molar-refractivity contribution is 6.30. The summed E-state index contributed by atoms with van der Waals surface area (Å²) in [6.07, 6.45) is 0. The number of nitro groups is 1. The van der Waals surface area contributed by atoms with Crippen LogP contribution in [-0.4, -0.2) is 28.8 Å². The molecule has 0 spiro atoms. The van der Waals surface area contributed by atoms with E-state index in [0.29, 0.717) is 11.6 Å². The van der Waals surface area contributed by atoms with Gasteiger partial charge >= 0.3 is 0 Å². The summed E-state index contributed by atoms with van der Waals surface area (Å²) in [7, 11) is 1.82. The van der Waals surface area contributed by atoms with Gasteiger partial charge in [-0.15, -0.1) is 0 Å². The molecule has 1 unspecified atom stereocenters. The van der Waals surface area contributed by atoms with Gasteiger partial charge < -0.3 is 5.32 Å². The number of likely N-dealkylation sites (N-methyl/N-ethyl adjacent to an activating group) is 1. The van der Waals surface area contributed by atoms with Crippen molar-refractivity contribution in [1.82, 2.24) is 4.90 Å². The van der Waals surface area contributed by atoms with Crippen LogP contribution in [0.1, 0.15) is 12.5 Å². The van der Waals surface area contributed by atoms with Crippen LogP contribution in [0, 0.1) is 10.1 Å². The lowest BCUT2D eigenvalue weighted by molar-refractivity contribution is -0.383. The number of hydrogen-bond acceptors (Lipinski definition) is 4. The van der Waals surface area contributed by atoms with E-state index in [9.17, 15) is 14.9 Å². The summed E-state index contributed by atoms with van der Waals surface area (Å²) in [6.45, 7) is 2.31. The zero-order valence-corrected chi connectivity index (χ0v) is 14.2. The molecule has 126 valence electrons. The van der Waals surface area contributed by atoms with E-state index >= 15 is 0 Å². The molecule has 6 nitrogen and oxygen atoms in total. The van der Waals surface area contributed by atoms with Gasteiger partial charge in [0.05, 0.1) is 11.0 Å². The average molecular weight is 348 g/mol. The Labute approximate surface area is 145 Å². The number of carbonyl (C=O) groups excluding carboxylic acids is 1. The van der Waals surface area contributed by atoms with Gasteiger partial charge in [-0.2, -0.15) is 0 Å². The molecule has 0 aliphatic rings. The molecule has 0 saturated carbocycles. The molecular formula is C17H18ClN3O3. The molecule has 0 heterocycles. The topological polar surface area (TPSA) is 75.5 Å². The second-order valence-corrected chi connectivity index (χ2v) is 5.92. The van der Waals surface area contributed by atoms with Crippen LogP contribution in [0.5, 0.6) is 0 Å². The summed E-state index contributed by atoms with van der Waals surface area (Å²) in [5.74, 6) is -0.305. The normalized spacial score (nSPS) is 12.0. The highest BCUT2D eigenvalue weighted by Gasteiger charge is 2.21. The van der Waals surface area contributed by atoms with Gasteiger partial charge in [0, 0.05) is 17.6 Å². The number of nitrogens with zero attached hydrogens (tertiary/aromatic N) is 2. The second-order valence-electron chi connectivity index (χ2n) is 5.48. The van der Waals surface area contributed by atoms with Crippen molar-refractivity contribution in [3.63, 3.8) is 0 Å². The highest BCUT2D eigenvalue weighted by Crippen LogP contribution is 2.23. The fourth-order valence-corrected chi connectivity index (χ4v) is 2.32. The monoisotopic (exact) mass is 347 g/mol. The summed E-state index contributed by atoms with van der Waals surface area (Å²) in [5.41, 5.74) is 1.09. The molecule has 0 fully saturated rings. The van der Waals surface area contributed by atoms with Crippen molar-refractivity contribution in [3.05, 3.63) is 69.2 Å². The number of nitro benzene ring substituents is 1. The van der Waals surface area contributed by atoms with Gasteiger partial charge in [0.2, 0.25) is 5.91 Å². The molecule has 0 radical (unpaired) electrons. The number of anilines is 1. The maximum absolute atomic E-state index is 12.4. The Morgan fingerprint density at radius 1 is 1.25 bits per heavy atom. The van der Waals surface area contributed by atoms with Gasteiger partial charge in [-0.25, -0.2) is 0 Å². The average Bonchev–Trinajstić information content (AvgIpc) is 2.56. The lowest BCUT2D eigenvalue weighted by Crippen LogP contribution is -2.39. The van der Waals surface area contributed by atoms with Crippen LogP contribution < -0.4 is 5.32 Å². The quantitative estimate of drug-likeness (QED) is 0.638. The van der Waals surface area contributed by atoms with E-state index in [1.54, 1.807) is 31.2 Å². The summed E-state index contributed by atoms with van der Waals surface area (Å²) in [4.78, 5) is 24.7. The van der Waals surface area contributed by atoms with E-state index in [1.165, 1.54) is 12.1 Å². The van der Waals surface area contributed by atoms with E-state index in [2.05, 4.69) is 5.32 Å². The summed E-state index contributed by atoms with van der Waals surface area (Å²) < 4.78 is 0. The number of benzene rings is 2. The minimum atomic E-state index is -0.516. The first-order valence-corrected chi connectivity index (χ1v) is 7.75. The van der Waals surface area contributed by atoms with Crippen molar-refractivity contribution in [3.8, 4) is 0 Å². The molecule has 1 amide bonds. The third kappa shape index (κ3) is 4.53. The fraction of sp³-hybridized carbons (Fsp3) is 0.235. The van der Waals surface area contributed by atoms with Crippen molar-refractivity contribution >= 4 is 28.9 Å². The predicted octanol–water partition coefficient (Wildman–Crippen LogP) is 3.71. The molecule has 1 N–H and O–H groups in total. The molecule has 0 aliphatic carbocycles. The van der Waals surface area contributed by atoms with Gasteiger partial charge in [0.15, 0.2) is 0 Å². The van der Waals surface area contributed by atoms with Gasteiger partial charge in [-0.1, -0.05) is 35.9 Å². The minimum absolute atomic E-state index is 0.126. The zero-order valence-electron chi connectivity index (χ0n) is 13.4. The third-order valence-electron chi connectivity index (χ3n) is 3.74. The number of para-hydroxylation sites is 2. The molecule has 0 aromatic heterocycles. The Bertz CT molecular complexity index is 734. The highest BCUT2D eigenvalue weighted by atomic mass is 35.5. The van der Waals surface area contributed by atoms with Crippen LogP contribution >= 0.6 is 11.6 Å². The van der Waals surface area contributed by atoms with E-state index in [4.69, 9.17) is 11.6 Å². The van der Waals surface area contributed by atoms with Crippen molar-refractivity contribution in [2.24, 2.45) is 0 Å². The standard InChI is InChI=1S/C17H18ClN3O3/c1-12(20(2)11-13-7-9-14(18)10-8-13)17(22)19-15-5-3-4-6-16(15)21(23)24/h3-10,12H,11H2,1-2H3,(H,19,22). The number of hydrogen-bond donors (Lipinski definition) is 1. The van der Waals surface area contributed by atoms with Gasteiger partial charge in [-0.05, 0) is 37.7 Å². The molecule has 24 heavy (non-hydrogen) atoms. The smallest absolute Gasteiger partial charge is 0.292 e. The fourth-order valence-electron chi connectivity index (χ4n) is 2.19. The van der Waals surface area contributed by atoms with Crippen LogP contribution in [-0.2, 0) is 11.3 Å². The van der Waals surface area contributed by atoms with Crippen molar-refractivity contribution < 1.29 is 9.72 Å². The van der Waals surface area contributed by atoms with Crippen LogP contribution in [0.3, 0.4) is 0 Å². The maximum atomic E-state index is 12.4. The van der Waals surface area contributed by atoms with Crippen LogP contribution in [0.15, 0.2) is 48.5 Å². The largest absolute Gasteiger partial charge is 0.319 e. The Morgan fingerprint density at radius 2 is 1.88 bits per heavy atom. The number of nitrogens with one attached hydrogen (secondary N) is 1. The van der Waals surface area contributed by atoms with Crippen LogP contribution in [0.25, 0.3) is 0 Å². The van der Waals surface area contributed by atoms with E-state index in [-0.39, 0.29) is 17.3 Å². The Balaban J connectivity index is 2.04. The van der Waals surface area contributed by atoms with Crippen LogP contribution in [0.2, 0.25) is 5.02 Å². The Hall–Kier alpha value is -2.44. The third-order valence-corrected chi connectivity index (χ3v) is 4.00. The second kappa shape index (κ2) is 7.90. The molecule has 0 saturated heterocycles. The molecule has 2 rings (SSSR count). The SMILES string of the molecule is CC(C(=O)Nc1ccccc1[N+](=O)[O-])N(C)Cc1ccc(Cl)cc1. The van der Waals surface area contributed by atoms with E-state index < -0.39 is 11.0 Å². The molecule has 0 bridgehead atoms. The Morgan fingerprint density at radius 3 is 2.50 bits per heavy atom. The van der Waals surface area contributed by atoms with Crippen molar-refractivity contribution in [2.45, 2.75) is 19.5 Å². The molecule has 0 aliphatic heterocycles. The summed E-state index contributed by atoms with van der Waals surface area (Å²) in [5, 5.41) is 14.3.